The van der Waals surface area contributed by atoms with Gasteiger partial charge in [0.05, 0.1) is 13.2 Å². The number of carbonyl (C=O) groups excluding carboxylic acids is 2. The van der Waals surface area contributed by atoms with Gasteiger partial charge in [0.15, 0.2) is 17.3 Å². The van der Waals surface area contributed by atoms with Crippen LogP contribution in [0.3, 0.4) is 0 Å². The van der Waals surface area contributed by atoms with Crippen molar-refractivity contribution in [3.05, 3.63) is 71.3 Å². The number of nitrogens with one attached hydrogen (secondary N) is 1. The lowest BCUT2D eigenvalue weighted by Crippen LogP contribution is -2.33. The van der Waals surface area contributed by atoms with Gasteiger partial charge in [-0.25, -0.2) is 0 Å². The number of esters is 1. The Kier molecular flexibility index (Phi) is 6.20. The molecular formula is C30H31NO5. The highest BCUT2D eigenvalue weighted by Crippen LogP contribution is 2.52. The number of Topliss-reactive ketones (excluding diaryl/α,β-unsaturated/α-hetero) is 1. The largest absolute Gasteiger partial charge is 0.493 e. The minimum Gasteiger partial charge on any atom is -0.493 e. The Morgan fingerprint density at radius 2 is 1.83 bits per heavy atom. The van der Waals surface area contributed by atoms with E-state index in [0.29, 0.717) is 17.9 Å². The van der Waals surface area contributed by atoms with Crippen LogP contribution in [0.1, 0.15) is 50.8 Å². The number of methoxy groups -OCH3 is 1. The molecule has 1 aliphatic heterocycles. The topological polar surface area (TPSA) is 73.9 Å². The molecule has 1 heterocycles. The minimum atomic E-state index is -0.346. The average molecular weight is 486 g/mol. The molecule has 1 aliphatic carbocycles. The summed E-state index contributed by atoms with van der Waals surface area (Å²) in [7, 11) is 1.59. The number of hydrogen-bond donors (Lipinski definition) is 1. The van der Waals surface area contributed by atoms with E-state index in [4.69, 9.17) is 14.2 Å². The molecule has 36 heavy (non-hydrogen) atoms. The number of anilines is 1. The number of carbonyl (C=O) groups is 2. The van der Waals surface area contributed by atoms with E-state index in [1.807, 2.05) is 24.3 Å². The lowest BCUT2D eigenvalue weighted by molar-refractivity contribution is -0.141. The fraction of sp³-hybridized carbons (Fsp3) is 0.333. The molecule has 0 aromatic heterocycles. The van der Waals surface area contributed by atoms with Crippen molar-refractivity contribution in [3.8, 4) is 11.5 Å². The van der Waals surface area contributed by atoms with Crippen molar-refractivity contribution in [3.63, 3.8) is 0 Å². The summed E-state index contributed by atoms with van der Waals surface area (Å²) >= 11 is 0. The molecule has 0 bridgehead atoms. The predicted molar refractivity (Wildman–Crippen MR) is 140 cm³/mol. The van der Waals surface area contributed by atoms with Crippen molar-refractivity contribution in [2.45, 2.75) is 39.7 Å². The van der Waals surface area contributed by atoms with Gasteiger partial charge in [-0.3, -0.25) is 9.59 Å². The van der Waals surface area contributed by atoms with Crippen molar-refractivity contribution >= 4 is 33.8 Å². The van der Waals surface area contributed by atoms with E-state index < -0.39 is 0 Å². The highest BCUT2D eigenvalue weighted by molar-refractivity contribution is 6.12. The Bertz CT molecular complexity index is 1390. The first-order chi connectivity index (χ1) is 17.3. The summed E-state index contributed by atoms with van der Waals surface area (Å²) in [6.07, 6.45) is 1.35. The molecule has 0 amide bonds. The summed E-state index contributed by atoms with van der Waals surface area (Å²) in [5, 5.41) is 5.99. The molecule has 1 N–H and O–H groups in total. The van der Waals surface area contributed by atoms with E-state index in [-0.39, 0.29) is 36.4 Å². The standard InChI is InChI=1S/C30H31NO5/c1-18(32)35-13-14-36-25-12-10-20(15-26(25)34-4)29-28-22(16-30(2,3)17-24(28)33)27-21-8-6-5-7-19(21)9-11-23(27)31-29/h5-12,15,29,31H,13-14,16-17H2,1-4H3/t29-/m1/s1. The van der Waals surface area contributed by atoms with Crippen LogP contribution in [0.4, 0.5) is 5.69 Å². The summed E-state index contributed by atoms with van der Waals surface area (Å²) in [4.78, 5) is 24.6. The maximum Gasteiger partial charge on any atom is 0.302 e. The molecule has 2 aliphatic rings. The van der Waals surface area contributed by atoms with E-state index in [9.17, 15) is 9.59 Å². The first-order valence-corrected chi connectivity index (χ1v) is 12.3. The number of ketones is 1. The Balaban J connectivity index is 1.57. The predicted octanol–water partition coefficient (Wildman–Crippen LogP) is 6.10. The van der Waals surface area contributed by atoms with E-state index >= 15 is 0 Å². The zero-order valence-corrected chi connectivity index (χ0v) is 21.1. The zero-order chi connectivity index (χ0) is 25.4. The molecule has 6 heteroatoms. The van der Waals surface area contributed by atoms with Crippen LogP contribution >= 0.6 is 0 Å². The fourth-order valence-electron chi connectivity index (χ4n) is 5.41. The van der Waals surface area contributed by atoms with Crippen molar-refractivity contribution in [1.82, 2.24) is 0 Å². The first kappa shape index (κ1) is 23.9. The van der Waals surface area contributed by atoms with Crippen LogP contribution in [0, 0.1) is 5.41 Å². The maximum absolute atomic E-state index is 13.6. The van der Waals surface area contributed by atoms with E-state index in [1.54, 1.807) is 7.11 Å². The third kappa shape index (κ3) is 4.43. The normalized spacial score (nSPS) is 18.2. The van der Waals surface area contributed by atoms with E-state index in [0.717, 1.165) is 45.2 Å². The number of hydrogen-bond acceptors (Lipinski definition) is 6. The molecule has 1 atom stereocenters. The Morgan fingerprint density at radius 3 is 2.61 bits per heavy atom. The second kappa shape index (κ2) is 9.34. The van der Waals surface area contributed by atoms with Gasteiger partial charge in [0.25, 0.3) is 0 Å². The molecule has 0 saturated carbocycles. The van der Waals surface area contributed by atoms with Gasteiger partial charge in [-0.2, -0.15) is 0 Å². The van der Waals surface area contributed by atoms with Crippen molar-refractivity contribution in [1.29, 1.82) is 0 Å². The number of rotatable bonds is 6. The highest BCUT2D eigenvalue weighted by atomic mass is 16.6. The molecule has 3 aromatic carbocycles. The summed E-state index contributed by atoms with van der Waals surface area (Å²) in [6, 6.07) is 18.0. The van der Waals surface area contributed by atoms with Crippen LogP contribution in [-0.2, 0) is 14.3 Å². The molecule has 0 fully saturated rings. The zero-order valence-electron chi connectivity index (χ0n) is 21.1. The van der Waals surface area contributed by atoms with Gasteiger partial charge in [0, 0.05) is 30.2 Å². The van der Waals surface area contributed by atoms with Gasteiger partial charge in [-0.15, -0.1) is 0 Å². The smallest absolute Gasteiger partial charge is 0.302 e. The van der Waals surface area contributed by atoms with Crippen molar-refractivity contribution < 1.29 is 23.8 Å². The van der Waals surface area contributed by atoms with Crippen LogP contribution in [0.5, 0.6) is 11.5 Å². The average Bonchev–Trinajstić information content (AvgIpc) is 2.84. The number of fused-ring (bicyclic) bond motifs is 4. The first-order valence-electron chi connectivity index (χ1n) is 12.3. The van der Waals surface area contributed by atoms with Gasteiger partial charge in [-0.05, 0) is 51.9 Å². The minimum absolute atomic E-state index is 0.108. The van der Waals surface area contributed by atoms with Gasteiger partial charge >= 0.3 is 5.97 Å². The SMILES string of the molecule is COc1cc([C@H]2Nc3ccc4ccccc4c3C3=C2C(=O)CC(C)(C)C3)ccc1OCCOC(C)=O. The molecule has 6 nitrogen and oxygen atoms in total. The summed E-state index contributed by atoms with van der Waals surface area (Å²) in [6.45, 7) is 6.09. The molecule has 186 valence electrons. The van der Waals surface area contributed by atoms with Crippen LogP contribution in [0.2, 0.25) is 0 Å². The van der Waals surface area contributed by atoms with E-state index in [1.165, 1.54) is 6.92 Å². The van der Waals surface area contributed by atoms with Crippen molar-refractivity contribution in [2.24, 2.45) is 5.41 Å². The lowest BCUT2D eigenvalue weighted by atomic mass is 9.68. The van der Waals surface area contributed by atoms with Gasteiger partial charge in [0.2, 0.25) is 0 Å². The second-order valence-corrected chi connectivity index (χ2v) is 10.2. The molecule has 0 spiro atoms. The number of benzene rings is 3. The third-order valence-electron chi connectivity index (χ3n) is 6.91. The Morgan fingerprint density at radius 1 is 1.03 bits per heavy atom. The molecule has 0 saturated heterocycles. The fourth-order valence-corrected chi connectivity index (χ4v) is 5.41. The molecule has 0 radical (unpaired) electrons. The maximum atomic E-state index is 13.6. The van der Waals surface area contributed by atoms with Crippen LogP contribution in [-0.4, -0.2) is 32.1 Å². The summed E-state index contributed by atoms with van der Waals surface area (Å²) < 4.78 is 16.3. The summed E-state index contributed by atoms with van der Waals surface area (Å²) in [5.74, 6) is 0.952. The molecular weight excluding hydrogens is 454 g/mol. The molecule has 3 aromatic rings. The van der Waals surface area contributed by atoms with Crippen LogP contribution in [0.25, 0.3) is 16.3 Å². The second-order valence-electron chi connectivity index (χ2n) is 10.2. The monoisotopic (exact) mass is 485 g/mol. The van der Waals surface area contributed by atoms with Crippen LogP contribution in [0.15, 0.2) is 60.2 Å². The van der Waals surface area contributed by atoms with Gasteiger partial charge in [-0.1, -0.05) is 50.2 Å². The number of allylic oxidation sites excluding steroid dienone is 1. The quantitative estimate of drug-likeness (QED) is 0.336. The highest BCUT2D eigenvalue weighted by Gasteiger charge is 2.41. The van der Waals surface area contributed by atoms with Gasteiger partial charge in [0.1, 0.15) is 13.2 Å². The third-order valence-corrected chi connectivity index (χ3v) is 6.91. The Labute approximate surface area is 211 Å². The Hall–Kier alpha value is -3.80. The molecule has 5 rings (SSSR count). The van der Waals surface area contributed by atoms with Gasteiger partial charge < -0.3 is 19.5 Å². The van der Waals surface area contributed by atoms with Crippen molar-refractivity contribution in [2.75, 3.05) is 25.6 Å². The number of ether oxygens (including phenoxy) is 3. The molecule has 0 unspecified atom stereocenters. The summed E-state index contributed by atoms with van der Waals surface area (Å²) in [5.41, 5.74) is 4.96. The van der Waals surface area contributed by atoms with Crippen LogP contribution < -0.4 is 14.8 Å². The van der Waals surface area contributed by atoms with E-state index in [2.05, 4.69) is 49.5 Å². The lowest BCUT2D eigenvalue weighted by Gasteiger charge is -2.40.